The van der Waals surface area contributed by atoms with Gasteiger partial charge in [0, 0.05) is 51.7 Å². The molecule has 5 rings (SSSR count). The van der Waals surface area contributed by atoms with Crippen molar-refractivity contribution in [3.8, 4) is 5.75 Å². The van der Waals surface area contributed by atoms with Crippen molar-refractivity contribution in [2.45, 2.75) is 39.4 Å². The van der Waals surface area contributed by atoms with Gasteiger partial charge in [0.2, 0.25) is 5.91 Å². The number of benzene rings is 3. The molecule has 0 saturated carbocycles. The number of fused-ring (bicyclic) bond motifs is 1. The van der Waals surface area contributed by atoms with Gasteiger partial charge in [0.25, 0.3) is 5.91 Å². The van der Waals surface area contributed by atoms with Gasteiger partial charge in [-0.25, -0.2) is 0 Å². The van der Waals surface area contributed by atoms with E-state index >= 15 is 0 Å². The topological polar surface area (TPSA) is 70.9 Å². The van der Waals surface area contributed by atoms with Gasteiger partial charge in [-0.05, 0) is 54.7 Å². The Morgan fingerprint density at radius 1 is 0.810 bits per heavy atom. The third-order valence-corrected chi connectivity index (χ3v) is 7.58. The first kappa shape index (κ1) is 29.1. The summed E-state index contributed by atoms with van der Waals surface area (Å²) < 4.78 is 7.55. The number of para-hydroxylation sites is 2. The van der Waals surface area contributed by atoms with Crippen LogP contribution in [-0.4, -0.2) is 64.2 Å². The second-order valence-corrected chi connectivity index (χ2v) is 10.7. The Kier molecular flexibility index (Phi) is 10.0. The first-order valence-electron chi connectivity index (χ1n) is 14.6. The van der Waals surface area contributed by atoms with E-state index in [-0.39, 0.29) is 25.0 Å². The minimum Gasteiger partial charge on any atom is -0.484 e. The number of amides is 2. The van der Waals surface area contributed by atoms with Crippen molar-refractivity contribution in [1.29, 1.82) is 0 Å². The molecule has 0 bridgehead atoms. The minimum absolute atomic E-state index is 0.00288. The second-order valence-electron chi connectivity index (χ2n) is 10.7. The summed E-state index contributed by atoms with van der Waals surface area (Å²) in [5.74, 6) is 0.563. The van der Waals surface area contributed by atoms with E-state index in [1.54, 1.807) is 17.1 Å². The molecule has 3 aromatic carbocycles. The molecule has 2 heterocycles. The van der Waals surface area contributed by atoms with Crippen LogP contribution in [0.3, 0.4) is 0 Å². The van der Waals surface area contributed by atoms with Gasteiger partial charge in [0.1, 0.15) is 12.3 Å². The zero-order valence-electron chi connectivity index (χ0n) is 24.3. The van der Waals surface area contributed by atoms with Gasteiger partial charge in [-0.3, -0.25) is 19.2 Å². The highest BCUT2D eigenvalue weighted by Gasteiger charge is 2.25. The van der Waals surface area contributed by atoms with Gasteiger partial charge < -0.3 is 14.5 Å². The van der Waals surface area contributed by atoms with Gasteiger partial charge in [-0.15, -0.1) is 0 Å². The molecule has 2 amide bonds. The molecule has 4 aromatic rings. The van der Waals surface area contributed by atoms with Crippen LogP contribution in [0.2, 0.25) is 0 Å². The van der Waals surface area contributed by atoms with Crippen molar-refractivity contribution >= 4 is 17.5 Å². The maximum Gasteiger partial charge on any atom is 0.264 e. The quantitative estimate of drug-likeness (QED) is 0.318. The summed E-state index contributed by atoms with van der Waals surface area (Å²) in [4.78, 5) is 33.6. The van der Waals surface area contributed by atoms with E-state index in [4.69, 9.17) is 4.74 Å². The molecular formula is C34H39N5O3. The highest BCUT2D eigenvalue weighted by Crippen LogP contribution is 2.28. The number of aryl methyl sites for hydroxylation is 1. The Balaban J connectivity index is 1.43. The maximum atomic E-state index is 13.8. The van der Waals surface area contributed by atoms with Gasteiger partial charge in [0.15, 0.2) is 6.61 Å². The molecule has 0 unspecified atom stereocenters. The summed E-state index contributed by atoms with van der Waals surface area (Å²) in [6.07, 6.45) is 5.16. The standard InChI is InChI=1S/C34H39N5O3/c1-28-12-8-15-30-25-37(32(40)26-38-22-9-18-35-38)21-10-19-36(24-29-13-4-2-5-14-29)20-11-23-39(34(28)30)33(41)27-42-31-16-6-3-7-17-31/h2-9,12-18,22H,10-11,19-21,23-27H2,1H3. The molecule has 0 radical (unpaired) electrons. The van der Waals surface area contributed by atoms with Crippen molar-refractivity contribution in [2.75, 3.05) is 37.7 Å². The fourth-order valence-electron chi connectivity index (χ4n) is 5.51. The highest BCUT2D eigenvalue weighted by molar-refractivity contribution is 5.96. The summed E-state index contributed by atoms with van der Waals surface area (Å²) >= 11 is 0. The molecule has 0 saturated heterocycles. The van der Waals surface area contributed by atoms with Crippen molar-refractivity contribution < 1.29 is 14.3 Å². The summed E-state index contributed by atoms with van der Waals surface area (Å²) in [5, 5.41) is 4.25. The highest BCUT2D eigenvalue weighted by atomic mass is 16.5. The largest absolute Gasteiger partial charge is 0.484 e. The minimum atomic E-state index is -0.101. The van der Waals surface area contributed by atoms with Crippen molar-refractivity contribution in [2.24, 2.45) is 0 Å². The third-order valence-electron chi connectivity index (χ3n) is 7.58. The number of carbonyl (C=O) groups excluding carboxylic acids is 2. The van der Waals surface area contributed by atoms with Gasteiger partial charge in [0.05, 0.1) is 5.69 Å². The van der Waals surface area contributed by atoms with Crippen LogP contribution in [0.1, 0.15) is 29.5 Å². The fraction of sp³-hybridized carbons (Fsp3) is 0.324. The first-order chi connectivity index (χ1) is 20.6. The van der Waals surface area contributed by atoms with E-state index in [1.807, 2.05) is 77.4 Å². The fourth-order valence-corrected chi connectivity index (χ4v) is 5.51. The number of aromatic nitrogens is 2. The number of anilines is 1. The van der Waals surface area contributed by atoms with Crippen molar-refractivity contribution in [3.05, 3.63) is 114 Å². The van der Waals surface area contributed by atoms with Crippen molar-refractivity contribution in [3.63, 3.8) is 0 Å². The molecule has 0 fully saturated rings. The summed E-state index contributed by atoms with van der Waals surface area (Å²) in [6, 6.07) is 27.8. The van der Waals surface area contributed by atoms with E-state index in [2.05, 4.69) is 34.3 Å². The predicted molar refractivity (Wildman–Crippen MR) is 164 cm³/mol. The van der Waals surface area contributed by atoms with Crippen LogP contribution in [0, 0.1) is 6.92 Å². The van der Waals surface area contributed by atoms with E-state index in [9.17, 15) is 9.59 Å². The normalized spacial score (nSPS) is 14.9. The van der Waals surface area contributed by atoms with Crippen LogP contribution in [0.4, 0.5) is 5.69 Å². The predicted octanol–water partition coefficient (Wildman–Crippen LogP) is 4.93. The van der Waals surface area contributed by atoms with Crippen LogP contribution >= 0.6 is 0 Å². The van der Waals surface area contributed by atoms with Gasteiger partial charge in [-0.2, -0.15) is 5.10 Å². The molecule has 0 spiro atoms. The number of carbonyl (C=O) groups is 2. The molecule has 42 heavy (non-hydrogen) atoms. The van der Waals surface area contributed by atoms with Gasteiger partial charge in [-0.1, -0.05) is 66.7 Å². The lowest BCUT2D eigenvalue weighted by molar-refractivity contribution is -0.132. The third kappa shape index (κ3) is 7.85. The molecular weight excluding hydrogens is 526 g/mol. The zero-order chi connectivity index (χ0) is 29.1. The van der Waals surface area contributed by atoms with E-state index in [0.717, 1.165) is 49.3 Å². The molecule has 8 nitrogen and oxygen atoms in total. The first-order valence-corrected chi connectivity index (χ1v) is 14.6. The SMILES string of the molecule is Cc1cccc2c1N(C(=O)COc1ccccc1)CCCN(Cc1ccccc1)CCCN(C(=O)Cn1cccn1)C2. The van der Waals surface area contributed by atoms with Crippen LogP contribution < -0.4 is 9.64 Å². The molecule has 1 aliphatic rings. The molecule has 1 aromatic heterocycles. The average molecular weight is 566 g/mol. The lowest BCUT2D eigenvalue weighted by atomic mass is 10.0. The number of rotatable bonds is 7. The smallest absolute Gasteiger partial charge is 0.264 e. The van der Waals surface area contributed by atoms with Crippen LogP contribution in [0.25, 0.3) is 0 Å². The summed E-state index contributed by atoms with van der Waals surface area (Å²) in [7, 11) is 0. The second kappa shape index (κ2) is 14.5. The number of hydrogen-bond acceptors (Lipinski definition) is 5. The Bertz CT molecular complexity index is 1430. The Morgan fingerprint density at radius 2 is 1.55 bits per heavy atom. The number of nitrogens with zero attached hydrogens (tertiary/aromatic N) is 5. The zero-order valence-corrected chi connectivity index (χ0v) is 24.3. The van der Waals surface area contributed by atoms with Crippen LogP contribution in [-0.2, 0) is 29.2 Å². The summed E-state index contributed by atoms with van der Waals surface area (Å²) in [5.41, 5.74) is 4.07. The monoisotopic (exact) mass is 565 g/mol. The van der Waals surface area contributed by atoms with Crippen molar-refractivity contribution in [1.82, 2.24) is 19.6 Å². The molecule has 218 valence electrons. The lowest BCUT2D eigenvalue weighted by Crippen LogP contribution is -2.41. The Hall–Kier alpha value is -4.43. The molecule has 1 aliphatic heterocycles. The van der Waals surface area contributed by atoms with Crippen LogP contribution in [0.15, 0.2) is 97.3 Å². The Labute approximate surface area is 248 Å². The maximum absolute atomic E-state index is 13.8. The lowest BCUT2D eigenvalue weighted by Gasteiger charge is -2.32. The molecule has 0 atom stereocenters. The van der Waals surface area contributed by atoms with Gasteiger partial charge >= 0.3 is 0 Å². The number of hydrogen-bond donors (Lipinski definition) is 0. The summed E-state index contributed by atoms with van der Waals surface area (Å²) in [6.45, 7) is 6.24. The van der Waals surface area contributed by atoms with E-state index < -0.39 is 0 Å². The molecule has 0 aliphatic carbocycles. The van der Waals surface area contributed by atoms with Crippen LogP contribution in [0.5, 0.6) is 5.75 Å². The van der Waals surface area contributed by atoms with E-state index in [0.29, 0.717) is 25.4 Å². The Morgan fingerprint density at radius 3 is 2.29 bits per heavy atom. The van der Waals surface area contributed by atoms with E-state index in [1.165, 1.54) is 5.56 Å². The molecule has 8 heteroatoms. The number of ether oxygens (including phenoxy) is 1. The average Bonchev–Trinajstić information content (AvgIpc) is 3.51. The molecule has 0 N–H and O–H groups in total.